The van der Waals surface area contributed by atoms with Crippen LogP contribution < -0.4 is 5.32 Å². The third-order valence-electron chi connectivity index (χ3n) is 4.08. The zero-order valence-electron chi connectivity index (χ0n) is 15.1. The van der Waals surface area contributed by atoms with Crippen molar-refractivity contribution in [3.8, 4) is 0 Å². The van der Waals surface area contributed by atoms with Gasteiger partial charge in [0.15, 0.2) is 0 Å². The van der Waals surface area contributed by atoms with Crippen LogP contribution in [0, 0.1) is 0 Å². The topological polar surface area (TPSA) is 35.6 Å². The minimum Gasteiger partial charge on any atom is -0.334 e. The van der Waals surface area contributed by atoms with Gasteiger partial charge in [-0.25, -0.2) is 4.79 Å². The largest absolute Gasteiger partial charge is 0.334 e. The van der Waals surface area contributed by atoms with Crippen molar-refractivity contribution >= 4 is 17.6 Å². The predicted molar refractivity (Wildman–Crippen MR) is 104 cm³/mol. The SMILES string of the molecule is CCN(C)Cc1cccc(CNC(=O)N(C)Cc2cccc(Cl)c2)c1. The van der Waals surface area contributed by atoms with Gasteiger partial charge in [0, 0.05) is 31.7 Å². The van der Waals surface area contributed by atoms with Gasteiger partial charge in [-0.2, -0.15) is 0 Å². The molecule has 0 atom stereocenters. The Morgan fingerprint density at radius 3 is 2.32 bits per heavy atom. The van der Waals surface area contributed by atoms with E-state index in [-0.39, 0.29) is 6.03 Å². The van der Waals surface area contributed by atoms with Crippen molar-refractivity contribution in [2.45, 2.75) is 26.6 Å². The Morgan fingerprint density at radius 1 is 1.00 bits per heavy atom. The first kappa shape index (κ1) is 19.3. The Morgan fingerprint density at radius 2 is 1.64 bits per heavy atom. The maximum absolute atomic E-state index is 12.3. The molecule has 0 unspecified atom stereocenters. The standard InChI is InChI=1S/C20H26ClN3O/c1-4-23(2)14-17-8-5-7-16(11-17)13-22-20(25)24(3)15-18-9-6-10-19(21)12-18/h5-12H,4,13-15H2,1-3H3,(H,22,25). The van der Waals surface area contributed by atoms with Gasteiger partial charge in [-0.3, -0.25) is 0 Å². The molecule has 0 aliphatic rings. The quantitative estimate of drug-likeness (QED) is 0.806. The van der Waals surface area contributed by atoms with E-state index in [1.807, 2.05) is 36.4 Å². The summed E-state index contributed by atoms with van der Waals surface area (Å²) in [7, 11) is 3.88. The number of carbonyl (C=O) groups is 1. The van der Waals surface area contributed by atoms with E-state index >= 15 is 0 Å². The first-order valence-electron chi connectivity index (χ1n) is 8.47. The fraction of sp³-hybridized carbons (Fsp3) is 0.350. The maximum atomic E-state index is 12.3. The number of carbonyl (C=O) groups excluding carboxylic acids is 1. The normalized spacial score (nSPS) is 10.8. The molecule has 2 rings (SSSR count). The minimum atomic E-state index is -0.101. The summed E-state index contributed by atoms with van der Waals surface area (Å²) in [6, 6.07) is 15.8. The second kappa shape index (κ2) is 9.44. The second-order valence-corrected chi connectivity index (χ2v) is 6.73. The van der Waals surface area contributed by atoms with E-state index in [0.717, 1.165) is 24.2 Å². The summed E-state index contributed by atoms with van der Waals surface area (Å²) in [5.74, 6) is 0. The zero-order chi connectivity index (χ0) is 18.2. The number of amides is 2. The summed E-state index contributed by atoms with van der Waals surface area (Å²) in [6.07, 6.45) is 0. The van der Waals surface area contributed by atoms with Crippen LogP contribution in [0.2, 0.25) is 5.02 Å². The molecule has 1 N–H and O–H groups in total. The van der Waals surface area contributed by atoms with Crippen LogP contribution in [0.25, 0.3) is 0 Å². The minimum absolute atomic E-state index is 0.101. The predicted octanol–water partition coefficient (Wildman–Crippen LogP) is 4.13. The van der Waals surface area contributed by atoms with Crippen LogP contribution in [0.3, 0.4) is 0 Å². The molecule has 134 valence electrons. The summed E-state index contributed by atoms with van der Waals surface area (Å²) in [6.45, 7) is 5.10. The van der Waals surface area contributed by atoms with Crippen molar-refractivity contribution in [2.75, 3.05) is 20.6 Å². The van der Waals surface area contributed by atoms with Crippen LogP contribution in [-0.2, 0) is 19.6 Å². The molecule has 0 saturated carbocycles. The van der Waals surface area contributed by atoms with Crippen molar-refractivity contribution in [1.82, 2.24) is 15.1 Å². The van der Waals surface area contributed by atoms with Crippen molar-refractivity contribution in [1.29, 1.82) is 0 Å². The highest BCUT2D eigenvalue weighted by molar-refractivity contribution is 6.30. The van der Waals surface area contributed by atoms with Gasteiger partial charge in [-0.1, -0.05) is 54.9 Å². The van der Waals surface area contributed by atoms with E-state index < -0.39 is 0 Å². The van der Waals surface area contributed by atoms with Crippen molar-refractivity contribution in [2.24, 2.45) is 0 Å². The molecule has 0 bridgehead atoms. The molecule has 0 aliphatic heterocycles. The smallest absolute Gasteiger partial charge is 0.317 e. The molecule has 0 aromatic heterocycles. The molecule has 25 heavy (non-hydrogen) atoms. The summed E-state index contributed by atoms with van der Waals surface area (Å²) in [4.78, 5) is 16.2. The molecule has 4 nitrogen and oxygen atoms in total. The zero-order valence-corrected chi connectivity index (χ0v) is 15.9. The number of nitrogens with zero attached hydrogens (tertiary/aromatic N) is 2. The highest BCUT2D eigenvalue weighted by atomic mass is 35.5. The number of rotatable bonds is 7. The van der Waals surface area contributed by atoms with Crippen molar-refractivity contribution in [3.63, 3.8) is 0 Å². The van der Waals surface area contributed by atoms with Crippen LogP contribution in [-0.4, -0.2) is 36.5 Å². The van der Waals surface area contributed by atoms with Gasteiger partial charge in [0.25, 0.3) is 0 Å². The van der Waals surface area contributed by atoms with Gasteiger partial charge in [0.05, 0.1) is 0 Å². The van der Waals surface area contributed by atoms with Gasteiger partial charge < -0.3 is 15.1 Å². The fourth-order valence-electron chi connectivity index (χ4n) is 2.56. The molecule has 5 heteroatoms. The monoisotopic (exact) mass is 359 g/mol. The van der Waals surface area contributed by atoms with E-state index in [9.17, 15) is 4.79 Å². The molecular weight excluding hydrogens is 334 g/mol. The lowest BCUT2D eigenvalue weighted by Crippen LogP contribution is -2.36. The number of nitrogens with one attached hydrogen (secondary N) is 1. The molecule has 0 saturated heterocycles. The van der Waals surface area contributed by atoms with E-state index in [2.05, 4.69) is 36.3 Å². The van der Waals surface area contributed by atoms with Gasteiger partial charge in [0.2, 0.25) is 0 Å². The van der Waals surface area contributed by atoms with E-state index in [1.165, 1.54) is 5.56 Å². The molecule has 2 amide bonds. The molecule has 2 aromatic rings. The van der Waals surface area contributed by atoms with Gasteiger partial charge in [0.1, 0.15) is 0 Å². The first-order chi connectivity index (χ1) is 12.0. The number of hydrogen-bond donors (Lipinski definition) is 1. The molecule has 2 aromatic carbocycles. The van der Waals surface area contributed by atoms with Crippen LogP contribution >= 0.6 is 11.6 Å². The van der Waals surface area contributed by atoms with Crippen LogP contribution in [0.15, 0.2) is 48.5 Å². The second-order valence-electron chi connectivity index (χ2n) is 6.30. The average Bonchev–Trinajstić information content (AvgIpc) is 2.59. The summed E-state index contributed by atoms with van der Waals surface area (Å²) in [5, 5.41) is 3.65. The number of urea groups is 1. The van der Waals surface area contributed by atoms with E-state index in [4.69, 9.17) is 11.6 Å². The third kappa shape index (κ3) is 6.40. The summed E-state index contributed by atoms with van der Waals surface area (Å²) in [5.41, 5.74) is 3.37. The maximum Gasteiger partial charge on any atom is 0.317 e. The molecule has 0 fully saturated rings. The molecule has 0 spiro atoms. The van der Waals surface area contributed by atoms with E-state index in [0.29, 0.717) is 18.1 Å². The van der Waals surface area contributed by atoms with Gasteiger partial charge in [-0.15, -0.1) is 0 Å². The Balaban J connectivity index is 1.87. The molecule has 0 heterocycles. The average molecular weight is 360 g/mol. The van der Waals surface area contributed by atoms with E-state index in [1.54, 1.807) is 11.9 Å². The Kier molecular flexibility index (Phi) is 7.29. The lowest BCUT2D eigenvalue weighted by Gasteiger charge is -2.19. The first-order valence-corrected chi connectivity index (χ1v) is 8.85. The van der Waals surface area contributed by atoms with Crippen molar-refractivity contribution in [3.05, 3.63) is 70.2 Å². The lowest BCUT2D eigenvalue weighted by molar-refractivity contribution is 0.206. The van der Waals surface area contributed by atoms with Crippen LogP contribution in [0.5, 0.6) is 0 Å². The van der Waals surface area contributed by atoms with Crippen LogP contribution in [0.4, 0.5) is 4.79 Å². The number of halogens is 1. The lowest BCUT2D eigenvalue weighted by atomic mass is 10.1. The summed E-state index contributed by atoms with van der Waals surface area (Å²) < 4.78 is 0. The fourth-order valence-corrected chi connectivity index (χ4v) is 2.77. The van der Waals surface area contributed by atoms with Gasteiger partial charge >= 0.3 is 6.03 Å². The molecule has 0 aliphatic carbocycles. The summed E-state index contributed by atoms with van der Waals surface area (Å²) >= 11 is 5.99. The highest BCUT2D eigenvalue weighted by Crippen LogP contribution is 2.12. The molecular formula is C20H26ClN3O. The van der Waals surface area contributed by atoms with Gasteiger partial charge in [-0.05, 0) is 42.4 Å². The Hall–Kier alpha value is -2.04. The van der Waals surface area contributed by atoms with Crippen LogP contribution in [0.1, 0.15) is 23.6 Å². The highest BCUT2D eigenvalue weighted by Gasteiger charge is 2.09. The Labute approximate surface area is 155 Å². The van der Waals surface area contributed by atoms with Crippen molar-refractivity contribution < 1.29 is 4.79 Å². The number of benzene rings is 2. The molecule has 0 radical (unpaired) electrons. The Bertz CT molecular complexity index is 705. The number of hydrogen-bond acceptors (Lipinski definition) is 2. The third-order valence-corrected chi connectivity index (χ3v) is 4.32.